The molecule has 0 radical (unpaired) electrons. The predicted octanol–water partition coefficient (Wildman–Crippen LogP) is 3.51. The minimum atomic E-state index is 0.502. The summed E-state index contributed by atoms with van der Waals surface area (Å²) in [5.41, 5.74) is 2.88. The topological polar surface area (TPSA) is 37.9 Å². The zero-order chi connectivity index (χ0) is 12.3. The van der Waals surface area contributed by atoms with E-state index >= 15 is 0 Å². The van der Waals surface area contributed by atoms with Crippen LogP contribution in [0.2, 0.25) is 0 Å². The van der Waals surface area contributed by atoms with Gasteiger partial charge in [0.15, 0.2) is 4.77 Å². The molecule has 1 heterocycles. The molecule has 0 fully saturated rings. The summed E-state index contributed by atoms with van der Waals surface area (Å²) < 4.78 is 5.97. The molecule has 0 saturated heterocycles. The van der Waals surface area contributed by atoms with E-state index in [2.05, 4.69) is 9.97 Å². The molecule has 0 spiro atoms. The number of benzene rings is 1. The third-order valence-electron chi connectivity index (χ3n) is 2.32. The van der Waals surface area contributed by atoms with E-state index in [0.717, 1.165) is 22.7 Å². The van der Waals surface area contributed by atoms with Crippen molar-refractivity contribution in [2.75, 3.05) is 6.61 Å². The maximum absolute atomic E-state index is 5.47. The fourth-order valence-electron chi connectivity index (χ4n) is 1.64. The van der Waals surface area contributed by atoms with Crippen LogP contribution in [-0.2, 0) is 0 Å². The van der Waals surface area contributed by atoms with Crippen LogP contribution in [0.5, 0.6) is 5.75 Å². The van der Waals surface area contributed by atoms with Gasteiger partial charge < -0.3 is 9.72 Å². The molecule has 0 amide bonds. The number of aromatic amines is 1. The molecule has 3 nitrogen and oxygen atoms in total. The average molecular weight is 246 g/mol. The van der Waals surface area contributed by atoms with E-state index in [4.69, 9.17) is 17.0 Å². The number of nitrogens with zero attached hydrogens (tertiary/aromatic N) is 1. The molecule has 1 aromatic carbocycles. The Kier molecular flexibility index (Phi) is 3.54. The number of rotatable bonds is 3. The van der Waals surface area contributed by atoms with Crippen molar-refractivity contribution in [2.24, 2.45) is 0 Å². The van der Waals surface area contributed by atoms with E-state index in [-0.39, 0.29) is 0 Å². The fraction of sp³-hybridized carbons (Fsp3) is 0.231. The highest BCUT2D eigenvalue weighted by Gasteiger charge is 2.02. The highest BCUT2D eigenvalue weighted by Crippen LogP contribution is 2.22. The number of ether oxygens (including phenoxy) is 1. The quantitative estimate of drug-likeness (QED) is 0.842. The highest BCUT2D eigenvalue weighted by atomic mass is 32.1. The number of aromatic nitrogens is 2. The molecular weight excluding hydrogens is 232 g/mol. The SMILES string of the molecule is CCOc1cccc(-c2cc(C)[nH]c(=S)n2)c1. The molecule has 0 bridgehead atoms. The van der Waals surface area contributed by atoms with Crippen molar-refractivity contribution in [2.45, 2.75) is 13.8 Å². The second-order valence-electron chi connectivity index (χ2n) is 3.72. The fourth-order valence-corrected chi connectivity index (χ4v) is 1.90. The van der Waals surface area contributed by atoms with Gasteiger partial charge in [-0.25, -0.2) is 4.98 Å². The molecule has 1 N–H and O–H groups in total. The first kappa shape index (κ1) is 11.8. The summed E-state index contributed by atoms with van der Waals surface area (Å²) >= 11 is 5.07. The van der Waals surface area contributed by atoms with Crippen LogP contribution < -0.4 is 4.74 Å². The number of aryl methyl sites for hydroxylation is 1. The number of nitrogens with one attached hydrogen (secondary N) is 1. The van der Waals surface area contributed by atoms with Gasteiger partial charge in [0.2, 0.25) is 0 Å². The van der Waals surface area contributed by atoms with Gasteiger partial charge in [-0.15, -0.1) is 0 Å². The van der Waals surface area contributed by atoms with E-state index in [1.54, 1.807) is 0 Å². The molecule has 88 valence electrons. The van der Waals surface area contributed by atoms with E-state index in [1.165, 1.54) is 0 Å². The number of H-pyrrole nitrogens is 1. The lowest BCUT2D eigenvalue weighted by Gasteiger charge is -2.06. The standard InChI is InChI=1S/C13H14N2OS/c1-3-16-11-6-4-5-10(8-11)12-7-9(2)14-13(17)15-12/h4-8H,3H2,1-2H3,(H,14,15,17). The van der Waals surface area contributed by atoms with Gasteiger partial charge in [0.1, 0.15) is 5.75 Å². The van der Waals surface area contributed by atoms with Gasteiger partial charge in [-0.3, -0.25) is 0 Å². The van der Waals surface area contributed by atoms with Gasteiger partial charge in [-0.05, 0) is 44.3 Å². The van der Waals surface area contributed by atoms with Crippen molar-refractivity contribution in [1.29, 1.82) is 0 Å². The van der Waals surface area contributed by atoms with Crippen LogP contribution in [0.3, 0.4) is 0 Å². The normalized spacial score (nSPS) is 10.2. The molecule has 0 atom stereocenters. The molecule has 17 heavy (non-hydrogen) atoms. The second-order valence-corrected chi connectivity index (χ2v) is 4.10. The lowest BCUT2D eigenvalue weighted by Crippen LogP contribution is -1.93. The Hall–Kier alpha value is -1.68. The van der Waals surface area contributed by atoms with Gasteiger partial charge in [0, 0.05) is 11.3 Å². The first-order valence-corrected chi connectivity index (χ1v) is 5.91. The van der Waals surface area contributed by atoms with Crippen LogP contribution in [-0.4, -0.2) is 16.6 Å². The zero-order valence-corrected chi connectivity index (χ0v) is 10.7. The Labute approximate surface area is 105 Å². The van der Waals surface area contributed by atoms with Crippen LogP contribution in [0, 0.1) is 11.7 Å². The monoisotopic (exact) mass is 246 g/mol. The minimum absolute atomic E-state index is 0.502. The largest absolute Gasteiger partial charge is 0.494 e. The first-order valence-electron chi connectivity index (χ1n) is 5.50. The lowest BCUT2D eigenvalue weighted by atomic mass is 10.1. The predicted molar refractivity (Wildman–Crippen MR) is 70.8 cm³/mol. The van der Waals surface area contributed by atoms with Gasteiger partial charge >= 0.3 is 0 Å². The number of hydrogen-bond donors (Lipinski definition) is 1. The third kappa shape index (κ3) is 2.91. The van der Waals surface area contributed by atoms with Crippen LogP contribution in [0.15, 0.2) is 30.3 Å². The first-order chi connectivity index (χ1) is 8.19. The molecule has 2 rings (SSSR count). The molecule has 0 saturated carbocycles. The summed E-state index contributed by atoms with van der Waals surface area (Å²) in [6.45, 7) is 4.59. The van der Waals surface area contributed by atoms with Crippen molar-refractivity contribution in [3.63, 3.8) is 0 Å². The molecule has 4 heteroatoms. The van der Waals surface area contributed by atoms with Crippen molar-refractivity contribution in [1.82, 2.24) is 9.97 Å². The molecule has 0 unspecified atom stereocenters. The van der Waals surface area contributed by atoms with Crippen LogP contribution >= 0.6 is 12.2 Å². The van der Waals surface area contributed by atoms with Gasteiger partial charge in [0.25, 0.3) is 0 Å². The maximum atomic E-state index is 5.47. The number of hydrogen-bond acceptors (Lipinski definition) is 3. The second kappa shape index (κ2) is 5.10. The van der Waals surface area contributed by atoms with Crippen LogP contribution in [0.25, 0.3) is 11.3 Å². The van der Waals surface area contributed by atoms with Crippen molar-refractivity contribution >= 4 is 12.2 Å². The minimum Gasteiger partial charge on any atom is -0.494 e. The Morgan fingerprint density at radius 1 is 1.35 bits per heavy atom. The van der Waals surface area contributed by atoms with E-state index in [1.807, 2.05) is 44.2 Å². The van der Waals surface area contributed by atoms with Crippen molar-refractivity contribution in [3.8, 4) is 17.0 Å². The van der Waals surface area contributed by atoms with E-state index in [0.29, 0.717) is 11.4 Å². The van der Waals surface area contributed by atoms with Crippen molar-refractivity contribution in [3.05, 3.63) is 40.8 Å². The Balaban J connectivity index is 2.45. The van der Waals surface area contributed by atoms with E-state index < -0.39 is 0 Å². The average Bonchev–Trinajstić information content (AvgIpc) is 2.28. The maximum Gasteiger partial charge on any atom is 0.197 e. The van der Waals surface area contributed by atoms with E-state index in [9.17, 15) is 0 Å². The van der Waals surface area contributed by atoms with Gasteiger partial charge in [0.05, 0.1) is 12.3 Å². The molecule has 0 aliphatic carbocycles. The molecule has 1 aromatic heterocycles. The zero-order valence-electron chi connectivity index (χ0n) is 9.86. The van der Waals surface area contributed by atoms with Crippen LogP contribution in [0.1, 0.15) is 12.6 Å². The summed E-state index contributed by atoms with van der Waals surface area (Å²) in [5.74, 6) is 0.850. The Bertz CT molecular complexity index is 578. The summed E-state index contributed by atoms with van der Waals surface area (Å²) in [6, 6.07) is 9.83. The van der Waals surface area contributed by atoms with Crippen molar-refractivity contribution < 1.29 is 4.74 Å². The lowest BCUT2D eigenvalue weighted by molar-refractivity contribution is 0.340. The molecule has 2 aromatic rings. The van der Waals surface area contributed by atoms with Gasteiger partial charge in [-0.2, -0.15) is 0 Å². The van der Waals surface area contributed by atoms with Crippen LogP contribution in [0.4, 0.5) is 0 Å². The highest BCUT2D eigenvalue weighted by molar-refractivity contribution is 7.71. The Morgan fingerprint density at radius 3 is 2.88 bits per heavy atom. The summed E-state index contributed by atoms with van der Waals surface area (Å²) in [6.07, 6.45) is 0. The smallest absolute Gasteiger partial charge is 0.197 e. The summed E-state index contributed by atoms with van der Waals surface area (Å²) in [5, 5.41) is 0. The molecule has 0 aliphatic rings. The summed E-state index contributed by atoms with van der Waals surface area (Å²) in [4.78, 5) is 7.30. The molecular formula is C13H14N2OS. The van der Waals surface area contributed by atoms with Gasteiger partial charge in [-0.1, -0.05) is 12.1 Å². The summed E-state index contributed by atoms with van der Waals surface area (Å²) in [7, 11) is 0. The third-order valence-corrected chi connectivity index (χ3v) is 2.51. The molecule has 0 aliphatic heterocycles. The Morgan fingerprint density at radius 2 is 2.18 bits per heavy atom.